The van der Waals surface area contributed by atoms with Gasteiger partial charge in [0.2, 0.25) is 0 Å². The zero-order chi connectivity index (χ0) is 3.41. The Labute approximate surface area is 40.7 Å². The third-order valence-corrected chi connectivity index (χ3v) is 3.35. The van der Waals surface area contributed by atoms with Crippen molar-refractivity contribution in [2.75, 3.05) is 0 Å². The second-order valence-corrected chi connectivity index (χ2v) is 3.85. The van der Waals surface area contributed by atoms with Gasteiger partial charge >= 0.3 is 40.3 Å². The number of hydrogen-bond acceptors (Lipinski definition) is 0. The van der Waals surface area contributed by atoms with Gasteiger partial charge in [-0.2, -0.15) is 0 Å². The summed E-state index contributed by atoms with van der Waals surface area (Å²) in [5.74, 6) is 0. The molecular formula is C3H10Sn. The van der Waals surface area contributed by atoms with Crippen molar-refractivity contribution in [2.45, 2.75) is 17.8 Å². The van der Waals surface area contributed by atoms with E-state index in [1.165, 1.54) is 10.9 Å². The van der Waals surface area contributed by atoms with E-state index in [0.29, 0.717) is 0 Å². The van der Waals surface area contributed by atoms with Crippen molar-refractivity contribution < 1.29 is 0 Å². The van der Waals surface area contributed by atoms with Gasteiger partial charge in [-0.1, -0.05) is 0 Å². The first kappa shape index (κ1) is 4.80. The molecule has 0 aromatic rings. The maximum atomic E-state index is 2.23. The van der Waals surface area contributed by atoms with Crippen LogP contribution in [0.4, 0.5) is 0 Å². The molecule has 26 valence electrons. The fourth-order valence-electron chi connectivity index (χ4n) is 0. The Morgan fingerprint density at radius 3 is 2.00 bits per heavy atom. The predicted molar refractivity (Wildman–Crippen MR) is 25.0 cm³/mol. The molecule has 0 aromatic heterocycles. The fraction of sp³-hybridized carbons (Fsp3) is 1.00. The molecule has 0 aliphatic rings. The third-order valence-electron chi connectivity index (χ3n) is 0.500. The molecule has 0 saturated carbocycles. The molecule has 0 amide bonds. The molecule has 0 aliphatic carbocycles. The molecule has 0 atom stereocenters. The molecular weight excluding hydrogens is 155 g/mol. The van der Waals surface area contributed by atoms with Gasteiger partial charge in [-0.15, -0.1) is 0 Å². The molecule has 0 saturated heterocycles. The van der Waals surface area contributed by atoms with E-state index in [1.807, 2.05) is 0 Å². The first-order valence-electron chi connectivity index (χ1n) is 1.91. The zero-order valence-corrected chi connectivity index (χ0v) is 9.12. The van der Waals surface area contributed by atoms with Crippen molar-refractivity contribution in [3.05, 3.63) is 0 Å². The van der Waals surface area contributed by atoms with Crippen LogP contribution in [0.15, 0.2) is 0 Å². The molecule has 0 bridgehead atoms. The summed E-state index contributed by atoms with van der Waals surface area (Å²) >= 11 is 0.985. The molecule has 0 fully saturated rings. The van der Waals surface area contributed by atoms with Crippen LogP contribution < -0.4 is 0 Å². The van der Waals surface area contributed by atoms with Crippen molar-refractivity contribution in [1.29, 1.82) is 0 Å². The normalized spacial score (nSPS) is 8.25. The molecule has 1 heteroatoms. The van der Waals surface area contributed by atoms with E-state index in [0.717, 1.165) is 22.5 Å². The number of hydrogen-bond donors (Lipinski definition) is 0. The second kappa shape index (κ2) is 3.80. The van der Waals surface area contributed by atoms with Crippen molar-refractivity contribution in [3.63, 3.8) is 0 Å². The summed E-state index contributed by atoms with van der Waals surface area (Å²) in [6.45, 7) is 2.23. The Bertz CT molecular complexity index is 5.25. The summed E-state index contributed by atoms with van der Waals surface area (Å²) in [5, 5.41) is 0. The molecule has 0 radical (unpaired) electrons. The van der Waals surface area contributed by atoms with Crippen LogP contribution in [0.5, 0.6) is 0 Å². The fourth-order valence-corrected chi connectivity index (χ4v) is 0. The van der Waals surface area contributed by atoms with Gasteiger partial charge in [-0.25, -0.2) is 0 Å². The second-order valence-electron chi connectivity index (χ2n) is 1.000. The Hall–Kier alpha value is 0.799. The van der Waals surface area contributed by atoms with E-state index in [4.69, 9.17) is 0 Å². The number of rotatable bonds is 1. The monoisotopic (exact) mass is 166 g/mol. The van der Waals surface area contributed by atoms with Gasteiger partial charge in [0.05, 0.1) is 0 Å². The minimum atomic E-state index is 0.985. The molecule has 0 unspecified atom stereocenters. The summed E-state index contributed by atoms with van der Waals surface area (Å²) in [5.41, 5.74) is 0. The predicted octanol–water partition coefficient (Wildman–Crippen LogP) is 0.180. The zero-order valence-electron chi connectivity index (χ0n) is 3.41. The van der Waals surface area contributed by atoms with Crippen molar-refractivity contribution in [3.8, 4) is 0 Å². The molecule has 0 aliphatic heterocycles. The van der Waals surface area contributed by atoms with Gasteiger partial charge in [-0.05, 0) is 0 Å². The first-order chi connectivity index (χ1) is 1.91. The quantitative estimate of drug-likeness (QED) is 0.486. The summed E-state index contributed by atoms with van der Waals surface area (Å²) in [6.07, 6.45) is 1.41. The van der Waals surface area contributed by atoms with Crippen LogP contribution in [0, 0.1) is 0 Å². The van der Waals surface area contributed by atoms with Gasteiger partial charge in [-0.3, -0.25) is 0 Å². The van der Waals surface area contributed by atoms with Crippen LogP contribution in [0.2, 0.25) is 4.44 Å². The summed E-state index contributed by atoms with van der Waals surface area (Å²) in [6, 6.07) is 0. The summed E-state index contributed by atoms with van der Waals surface area (Å²) in [4.78, 5) is 0. The Morgan fingerprint density at radius 1 is 1.75 bits per heavy atom. The van der Waals surface area contributed by atoms with Gasteiger partial charge < -0.3 is 0 Å². The van der Waals surface area contributed by atoms with Crippen LogP contribution in [0.1, 0.15) is 13.3 Å². The van der Waals surface area contributed by atoms with Crippen LogP contribution >= 0.6 is 0 Å². The summed E-state index contributed by atoms with van der Waals surface area (Å²) < 4.78 is 1.53. The average molecular weight is 165 g/mol. The van der Waals surface area contributed by atoms with E-state index < -0.39 is 0 Å². The van der Waals surface area contributed by atoms with Crippen molar-refractivity contribution >= 4 is 22.5 Å². The van der Waals surface area contributed by atoms with Crippen molar-refractivity contribution in [1.82, 2.24) is 0 Å². The molecule has 4 heavy (non-hydrogen) atoms. The molecule has 0 nitrogen and oxygen atoms in total. The van der Waals surface area contributed by atoms with E-state index in [9.17, 15) is 0 Å². The van der Waals surface area contributed by atoms with Crippen molar-refractivity contribution in [2.24, 2.45) is 0 Å². The molecule has 0 heterocycles. The van der Waals surface area contributed by atoms with E-state index in [1.54, 1.807) is 0 Å². The van der Waals surface area contributed by atoms with Crippen LogP contribution in [0.3, 0.4) is 0 Å². The van der Waals surface area contributed by atoms with E-state index >= 15 is 0 Å². The minimum absolute atomic E-state index is 0.985. The molecule has 0 N–H and O–H groups in total. The van der Waals surface area contributed by atoms with Crippen LogP contribution in [0.25, 0.3) is 0 Å². The Balaban J connectivity index is 1.97. The maximum absolute atomic E-state index is 2.23. The average Bonchev–Trinajstić information content (AvgIpc) is 1.37. The SMILES string of the molecule is CC[CH2][SnH3]. The third kappa shape index (κ3) is 2.80. The van der Waals surface area contributed by atoms with Gasteiger partial charge in [0, 0.05) is 0 Å². The molecule has 0 spiro atoms. The topological polar surface area (TPSA) is 0 Å². The standard InChI is InChI=1S/C3H7.Sn.3H/c1-3-2;;;;/h1,3H2,2H3;;;;. The Kier molecular flexibility index (Phi) is 4.56. The van der Waals surface area contributed by atoms with E-state index in [2.05, 4.69) is 6.92 Å². The van der Waals surface area contributed by atoms with E-state index in [-0.39, 0.29) is 0 Å². The first-order valence-corrected chi connectivity index (χ1v) is 5.95. The van der Waals surface area contributed by atoms with Crippen LogP contribution in [-0.2, 0) is 0 Å². The van der Waals surface area contributed by atoms with Gasteiger partial charge in [0.15, 0.2) is 0 Å². The molecule has 0 rings (SSSR count). The Morgan fingerprint density at radius 2 is 2.00 bits per heavy atom. The summed E-state index contributed by atoms with van der Waals surface area (Å²) in [7, 11) is 0. The van der Waals surface area contributed by atoms with Crippen LogP contribution in [-0.4, -0.2) is 22.5 Å². The van der Waals surface area contributed by atoms with Gasteiger partial charge in [0.25, 0.3) is 0 Å². The molecule has 0 aromatic carbocycles. The van der Waals surface area contributed by atoms with Gasteiger partial charge in [0.1, 0.15) is 0 Å².